The van der Waals surface area contributed by atoms with Crippen molar-refractivity contribution in [1.82, 2.24) is 15.1 Å². The fourth-order valence-electron chi connectivity index (χ4n) is 3.38. The predicted molar refractivity (Wildman–Crippen MR) is 85.9 cm³/mol. The van der Waals surface area contributed by atoms with E-state index in [4.69, 9.17) is 4.42 Å². The fraction of sp³-hybridized carbons (Fsp3) is 0.706. The van der Waals surface area contributed by atoms with Crippen molar-refractivity contribution in [2.45, 2.75) is 52.1 Å². The number of hydrogen-bond donors (Lipinski definition) is 1. The second-order valence-electron chi connectivity index (χ2n) is 6.65. The zero-order valence-corrected chi connectivity index (χ0v) is 13.9. The molecular formula is C17H27N3O2. The first kappa shape index (κ1) is 15.4. The van der Waals surface area contributed by atoms with Gasteiger partial charge < -0.3 is 14.6 Å². The van der Waals surface area contributed by atoms with E-state index in [0.29, 0.717) is 0 Å². The van der Waals surface area contributed by atoms with E-state index in [1.54, 1.807) is 0 Å². The van der Waals surface area contributed by atoms with Crippen molar-refractivity contribution >= 4 is 6.03 Å². The Hall–Kier alpha value is -1.49. The van der Waals surface area contributed by atoms with E-state index in [-0.39, 0.29) is 12.1 Å². The van der Waals surface area contributed by atoms with Crippen LogP contribution in [0.1, 0.15) is 49.3 Å². The van der Waals surface area contributed by atoms with Gasteiger partial charge in [0.2, 0.25) is 0 Å². The van der Waals surface area contributed by atoms with Gasteiger partial charge >= 0.3 is 6.03 Å². The summed E-state index contributed by atoms with van der Waals surface area (Å²) in [6.07, 6.45) is 3.74. The highest BCUT2D eigenvalue weighted by atomic mass is 16.3. The molecule has 0 unspecified atom stereocenters. The molecule has 0 aromatic carbocycles. The van der Waals surface area contributed by atoms with Gasteiger partial charge in [-0.15, -0.1) is 0 Å². The maximum atomic E-state index is 12.5. The lowest BCUT2D eigenvalue weighted by Gasteiger charge is -2.24. The lowest BCUT2D eigenvalue weighted by molar-refractivity contribution is 0.194. The van der Waals surface area contributed by atoms with E-state index >= 15 is 0 Å². The van der Waals surface area contributed by atoms with Crippen LogP contribution in [0.5, 0.6) is 0 Å². The van der Waals surface area contributed by atoms with Gasteiger partial charge in [-0.25, -0.2) is 4.79 Å². The van der Waals surface area contributed by atoms with Crippen molar-refractivity contribution in [2.24, 2.45) is 0 Å². The van der Waals surface area contributed by atoms with E-state index in [0.717, 1.165) is 55.7 Å². The van der Waals surface area contributed by atoms with Gasteiger partial charge in [-0.05, 0) is 46.1 Å². The van der Waals surface area contributed by atoms with Crippen LogP contribution >= 0.6 is 0 Å². The lowest BCUT2D eigenvalue weighted by Crippen LogP contribution is -2.43. The van der Waals surface area contributed by atoms with Crippen LogP contribution in [-0.4, -0.2) is 48.1 Å². The first-order valence-corrected chi connectivity index (χ1v) is 8.41. The van der Waals surface area contributed by atoms with E-state index < -0.39 is 0 Å². The van der Waals surface area contributed by atoms with Gasteiger partial charge in [-0.2, -0.15) is 0 Å². The summed E-state index contributed by atoms with van der Waals surface area (Å²) in [5.41, 5.74) is 1.07. The van der Waals surface area contributed by atoms with Crippen LogP contribution in [0.4, 0.5) is 4.79 Å². The topological polar surface area (TPSA) is 48.7 Å². The summed E-state index contributed by atoms with van der Waals surface area (Å²) in [6.45, 7) is 9.73. The largest absolute Gasteiger partial charge is 0.466 e. The zero-order valence-electron chi connectivity index (χ0n) is 13.9. The van der Waals surface area contributed by atoms with Crippen LogP contribution in [0.3, 0.4) is 0 Å². The van der Waals surface area contributed by atoms with Gasteiger partial charge in [0, 0.05) is 37.8 Å². The zero-order chi connectivity index (χ0) is 15.7. The molecule has 2 aliphatic rings. The Morgan fingerprint density at radius 1 is 1.27 bits per heavy atom. The molecule has 0 radical (unpaired) electrons. The molecule has 1 atom stereocenters. The average molecular weight is 305 g/mol. The standard InChI is InChI=1S/C17H27N3O2/c1-12-11-16(14(3)22-12)13(2)18-17(21)20-8-4-7-19(9-10-20)15-5-6-15/h11,13,15H,4-10H2,1-3H3,(H,18,21)/t13-/m0/s1. The fourth-order valence-corrected chi connectivity index (χ4v) is 3.38. The highest BCUT2D eigenvalue weighted by molar-refractivity contribution is 5.74. The number of furan rings is 1. The molecular weight excluding hydrogens is 278 g/mol. The SMILES string of the molecule is Cc1cc([C@H](C)NC(=O)N2CCCN(C3CC3)CC2)c(C)o1. The Bertz CT molecular complexity index is 536. The van der Waals surface area contributed by atoms with Crippen molar-refractivity contribution in [3.05, 3.63) is 23.2 Å². The van der Waals surface area contributed by atoms with Crippen LogP contribution in [0.15, 0.2) is 10.5 Å². The highest BCUT2D eigenvalue weighted by Crippen LogP contribution is 2.27. The highest BCUT2D eigenvalue weighted by Gasteiger charge is 2.31. The molecule has 1 N–H and O–H groups in total. The quantitative estimate of drug-likeness (QED) is 0.934. The summed E-state index contributed by atoms with van der Waals surface area (Å²) in [6, 6.07) is 2.83. The minimum atomic E-state index is -0.0206. The Labute approximate surface area is 132 Å². The third kappa shape index (κ3) is 3.46. The molecule has 2 heterocycles. The van der Waals surface area contributed by atoms with Gasteiger partial charge in [-0.1, -0.05) is 0 Å². The smallest absolute Gasteiger partial charge is 0.317 e. The summed E-state index contributed by atoms with van der Waals surface area (Å²) < 4.78 is 5.56. The molecule has 22 heavy (non-hydrogen) atoms. The predicted octanol–water partition coefficient (Wildman–Crippen LogP) is 2.84. The van der Waals surface area contributed by atoms with E-state index in [2.05, 4.69) is 10.2 Å². The van der Waals surface area contributed by atoms with Crippen LogP contribution in [-0.2, 0) is 0 Å². The van der Waals surface area contributed by atoms with Crippen LogP contribution in [0.2, 0.25) is 0 Å². The van der Waals surface area contributed by atoms with Gasteiger partial charge in [-0.3, -0.25) is 4.90 Å². The Morgan fingerprint density at radius 2 is 2.05 bits per heavy atom. The molecule has 1 aliphatic heterocycles. The summed E-state index contributed by atoms with van der Waals surface area (Å²) in [5.74, 6) is 1.78. The van der Waals surface area contributed by atoms with E-state index in [1.807, 2.05) is 31.7 Å². The van der Waals surface area contributed by atoms with Crippen molar-refractivity contribution < 1.29 is 9.21 Å². The number of carbonyl (C=O) groups excluding carboxylic acids is 1. The van der Waals surface area contributed by atoms with Crippen molar-refractivity contribution in [1.29, 1.82) is 0 Å². The monoisotopic (exact) mass is 305 g/mol. The summed E-state index contributed by atoms with van der Waals surface area (Å²) >= 11 is 0. The Kier molecular flexibility index (Phi) is 4.43. The number of carbonyl (C=O) groups is 1. The first-order chi connectivity index (χ1) is 10.5. The van der Waals surface area contributed by atoms with Crippen molar-refractivity contribution in [2.75, 3.05) is 26.2 Å². The number of hydrogen-bond acceptors (Lipinski definition) is 3. The van der Waals surface area contributed by atoms with Gasteiger partial charge in [0.1, 0.15) is 11.5 Å². The number of urea groups is 1. The van der Waals surface area contributed by atoms with Gasteiger partial charge in [0.25, 0.3) is 0 Å². The van der Waals surface area contributed by atoms with Crippen LogP contribution < -0.4 is 5.32 Å². The Balaban J connectivity index is 1.55. The van der Waals surface area contributed by atoms with Crippen LogP contribution in [0.25, 0.3) is 0 Å². The number of nitrogens with one attached hydrogen (secondary N) is 1. The third-order valence-corrected chi connectivity index (χ3v) is 4.77. The molecule has 1 saturated carbocycles. The summed E-state index contributed by atoms with van der Waals surface area (Å²) in [5, 5.41) is 3.12. The average Bonchev–Trinajstić information content (AvgIpc) is 3.26. The van der Waals surface area contributed by atoms with Crippen molar-refractivity contribution in [3.63, 3.8) is 0 Å². The molecule has 5 heteroatoms. The molecule has 1 aromatic heterocycles. The molecule has 1 aromatic rings. The van der Waals surface area contributed by atoms with E-state index in [1.165, 1.54) is 12.8 Å². The molecule has 2 amide bonds. The second-order valence-corrected chi connectivity index (χ2v) is 6.65. The minimum absolute atomic E-state index is 0.0206. The molecule has 5 nitrogen and oxygen atoms in total. The molecule has 3 rings (SSSR count). The molecule has 0 spiro atoms. The van der Waals surface area contributed by atoms with E-state index in [9.17, 15) is 4.79 Å². The molecule has 122 valence electrons. The molecule has 1 aliphatic carbocycles. The molecule has 2 fully saturated rings. The molecule has 1 saturated heterocycles. The van der Waals surface area contributed by atoms with Crippen LogP contribution in [0, 0.1) is 13.8 Å². The number of aryl methyl sites for hydroxylation is 2. The first-order valence-electron chi connectivity index (χ1n) is 8.41. The number of rotatable bonds is 3. The van der Waals surface area contributed by atoms with Gasteiger partial charge in [0.05, 0.1) is 6.04 Å². The number of nitrogens with zero attached hydrogens (tertiary/aromatic N) is 2. The Morgan fingerprint density at radius 3 is 2.68 bits per heavy atom. The maximum Gasteiger partial charge on any atom is 0.317 e. The molecule has 0 bridgehead atoms. The normalized spacial score (nSPS) is 21.5. The number of amides is 2. The maximum absolute atomic E-state index is 12.5. The third-order valence-electron chi connectivity index (χ3n) is 4.77. The lowest BCUT2D eigenvalue weighted by atomic mass is 10.1. The summed E-state index contributed by atoms with van der Waals surface area (Å²) in [7, 11) is 0. The van der Waals surface area contributed by atoms with Crippen molar-refractivity contribution in [3.8, 4) is 0 Å². The second kappa shape index (κ2) is 6.32. The minimum Gasteiger partial charge on any atom is -0.466 e. The summed E-state index contributed by atoms with van der Waals surface area (Å²) in [4.78, 5) is 17.0. The van der Waals surface area contributed by atoms with Gasteiger partial charge in [0.15, 0.2) is 0 Å².